The van der Waals surface area contributed by atoms with Gasteiger partial charge in [0, 0.05) is 14.2 Å². The quantitative estimate of drug-likeness (QED) is 0.721. The molecular weight excluding hydrogens is 168 g/mol. The van der Waals surface area contributed by atoms with Gasteiger partial charge in [-0.2, -0.15) is 0 Å². The Labute approximate surface area is 78.1 Å². The first kappa shape index (κ1) is 10.1. The Bertz CT molecular complexity index is 260. The van der Waals surface area contributed by atoms with Crippen LogP contribution in [0.1, 0.15) is 18.7 Å². The highest BCUT2D eigenvalue weighted by Crippen LogP contribution is 2.15. The van der Waals surface area contributed by atoms with Gasteiger partial charge in [-0.15, -0.1) is 5.10 Å². The van der Waals surface area contributed by atoms with Crippen molar-refractivity contribution >= 4 is 0 Å². The number of methoxy groups -OCH3 is 1. The first-order valence-electron chi connectivity index (χ1n) is 4.25. The first-order valence-corrected chi connectivity index (χ1v) is 4.25. The summed E-state index contributed by atoms with van der Waals surface area (Å²) < 4.78 is 7.00. The van der Waals surface area contributed by atoms with Crippen LogP contribution >= 0.6 is 0 Å². The number of rotatable bonds is 4. The van der Waals surface area contributed by atoms with E-state index in [4.69, 9.17) is 4.74 Å². The maximum absolute atomic E-state index is 5.25. The van der Waals surface area contributed by atoms with Crippen molar-refractivity contribution in [3.8, 4) is 0 Å². The maximum Gasteiger partial charge on any atom is 0.0779 e. The van der Waals surface area contributed by atoms with E-state index in [9.17, 15) is 0 Å². The number of nitrogens with zero attached hydrogens (tertiary/aromatic N) is 3. The lowest BCUT2D eigenvalue weighted by Crippen LogP contribution is -2.30. The molecule has 0 amide bonds. The molecule has 0 aliphatic heterocycles. The van der Waals surface area contributed by atoms with Crippen LogP contribution in [0.2, 0.25) is 0 Å². The summed E-state index contributed by atoms with van der Waals surface area (Å²) in [5.74, 6) is 0. The first-order chi connectivity index (χ1) is 6.20. The molecule has 1 N–H and O–H groups in total. The van der Waals surface area contributed by atoms with Crippen molar-refractivity contribution in [1.29, 1.82) is 0 Å². The van der Waals surface area contributed by atoms with Gasteiger partial charge in [0.15, 0.2) is 0 Å². The fraction of sp³-hybridized carbons (Fsp3) is 0.750. The van der Waals surface area contributed by atoms with Gasteiger partial charge in [-0.05, 0) is 14.0 Å². The molecule has 2 atom stereocenters. The molecule has 74 valence electrons. The number of nitrogens with one attached hydrogen (secondary N) is 1. The minimum absolute atomic E-state index is 0.0993. The van der Waals surface area contributed by atoms with E-state index >= 15 is 0 Å². The molecule has 1 aromatic rings. The third-order valence-electron chi connectivity index (χ3n) is 2.22. The molecule has 0 saturated carbocycles. The van der Waals surface area contributed by atoms with Crippen molar-refractivity contribution in [2.45, 2.75) is 19.1 Å². The van der Waals surface area contributed by atoms with Gasteiger partial charge in [-0.25, -0.2) is 0 Å². The van der Waals surface area contributed by atoms with Gasteiger partial charge in [-0.1, -0.05) is 5.21 Å². The molecule has 1 heterocycles. The number of aryl methyl sites for hydroxylation is 1. The van der Waals surface area contributed by atoms with Crippen molar-refractivity contribution in [2.24, 2.45) is 7.05 Å². The Morgan fingerprint density at radius 2 is 2.31 bits per heavy atom. The van der Waals surface area contributed by atoms with Gasteiger partial charge < -0.3 is 10.1 Å². The Balaban J connectivity index is 2.84. The molecule has 0 fully saturated rings. The molecule has 2 unspecified atom stereocenters. The van der Waals surface area contributed by atoms with E-state index in [0.29, 0.717) is 0 Å². The molecule has 5 nitrogen and oxygen atoms in total. The van der Waals surface area contributed by atoms with Crippen LogP contribution in [0.15, 0.2) is 6.20 Å². The number of ether oxygens (including phenoxy) is 1. The summed E-state index contributed by atoms with van der Waals surface area (Å²) in [6.45, 7) is 2.01. The number of hydrogen-bond donors (Lipinski definition) is 1. The lowest BCUT2D eigenvalue weighted by molar-refractivity contribution is 0.0830. The second-order valence-electron chi connectivity index (χ2n) is 2.99. The topological polar surface area (TPSA) is 52.0 Å². The lowest BCUT2D eigenvalue weighted by Gasteiger charge is -2.21. The molecule has 0 spiro atoms. The zero-order valence-corrected chi connectivity index (χ0v) is 8.48. The predicted molar refractivity (Wildman–Crippen MR) is 49.3 cm³/mol. The van der Waals surface area contributed by atoms with E-state index in [-0.39, 0.29) is 12.1 Å². The van der Waals surface area contributed by atoms with Crippen LogP contribution in [-0.2, 0) is 11.8 Å². The van der Waals surface area contributed by atoms with Crippen LogP contribution in [0.4, 0.5) is 0 Å². The maximum atomic E-state index is 5.25. The molecule has 0 aromatic carbocycles. The second kappa shape index (κ2) is 4.34. The summed E-state index contributed by atoms with van der Waals surface area (Å²) in [6.07, 6.45) is 1.85. The summed E-state index contributed by atoms with van der Waals surface area (Å²) >= 11 is 0. The SMILES string of the molecule is CNC(c1cnnn1C)C(C)OC. The van der Waals surface area contributed by atoms with E-state index < -0.39 is 0 Å². The van der Waals surface area contributed by atoms with E-state index in [2.05, 4.69) is 15.6 Å². The van der Waals surface area contributed by atoms with Gasteiger partial charge >= 0.3 is 0 Å². The smallest absolute Gasteiger partial charge is 0.0779 e. The molecule has 13 heavy (non-hydrogen) atoms. The van der Waals surface area contributed by atoms with Crippen molar-refractivity contribution < 1.29 is 4.74 Å². The summed E-state index contributed by atoms with van der Waals surface area (Å²) in [7, 11) is 5.46. The zero-order valence-electron chi connectivity index (χ0n) is 8.48. The normalized spacial score (nSPS) is 15.7. The third-order valence-corrected chi connectivity index (χ3v) is 2.22. The molecule has 0 aliphatic carbocycles. The third kappa shape index (κ3) is 2.05. The second-order valence-corrected chi connectivity index (χ2v) is 2.99. The monoisotopic (exact) mass is 184 g/mol. The lowest BCUT2D eigenvalue weighted by atomic mass is 10.1. The highest BCUT2D eigenvalue weighted by molar-refractivity contribution is 5.03. The predicted octanol–water partition coefficient (Wildman–Crippen LogP) is 0.110. The summed E-state index contributed by atoms with van der Waals surface area (Å²) in [4.78, 5) is 0. The largest absolute Gasteiger partial charge is 0.380 e. The van der Waals surface area contributed by atoms with Crippen LogP contribution in [0.5, 0.6) is 0 Å². The Hall–Kier alpha value is -0.940. The van der Waals surface area contributed by atoms with Crippen molar-refractivity contribution in [1.82, 2.24) is 20.3 Å². The highest BCUT2D eigenvalue weighted by Gasteiger charge is 2.20. The number of hydrogen-bond acceptors (Lipinski definition) is 4. The van der Waals surface area contributed by atoms with Crippen LogP contribution < -0.4 is 5.32 Å². The van der Waals surface area contributed by atoms with Crippen LogP contribution in [0.3, 0.4) is 0 Å². The van der Waals surface area contributed by atoms with Crippen molar-refractivity contribution in [3.63, 3.8) is 0 Å². The van der Waals surface area contributed by atoms with Crippen LogP contribution in [0.25, 0.3) is 0 Å². The van der Waals surface area contributed by atoms with Crippen LogP contribution in [0, 0.1) is 0 Å². The Morgan fingerprint density at radius 1 is 1.62 bits per heavy atom. The highest BCUT2D eigenvalue weighted by atomic mass is 16.5. The van der Waals surface area contributed by atoms with Crippen LogP contribution in [-0.4, -0.2) is 35.3 Å². The molecule has 1 aromatic heterocycles. The summed E-state index contributed by atoms with van der Waals surface area (Å²) in [5.41, 5.74) is 1.02. The van der Waals surface area contributed by atoms with Gasteiger partial charge in [0.2, 0.25) is 0 Å². The van der Waals surface area contributed by atoms with E-state index in [1.807, 2.05) is 21.0 Å². The van der Waals surface area contributed by atoms with Gasteiger partial charge in [0.1, 0.15) is 0 Å². The fourth-order valence-corrected chi connectivity index (χ4v) is 1.34. The molecule has 5 heteroatoms. The molecule has 0 saturated heterocycles. The fourth-order valence-electron chi connectivity index (χ4n) is 1.34. The molecular formula is C8H16N4O. The Kier molecular flexibility index (Phi) is 3.39. The minimum Gasteiger partial charge on any atom is -0.380 e. The zero-order chi connectivity index (χ0) is 9.84. The summed E-state index contributed by atoms with van der Waals surface area (Å²) in [5, 5.41) is 10.9. The van der Waals surface area contributed by atoms with Gasteiger partial charge in [-0.3, -0.25) is 4.68 Å². The molecule has 0 aliphatic rings. The molecule has 1 rings (SSSR count). The number of likely N-dealkylation sites (N-methyl/N-ethyl adjacent to an activating group) is 1. The van der Waals surface area contributed by atoms with Crippen molar-refractivity contribution in [2.75, 3.05) is 14.2 Å². The molecule has 0 bridgehead atoms. The average molecular weight is 184 g/mol. The van der Waals surface area contributed by atoms with Gasteiger partial charge in [0.05, 0.1) is 24.0 Å². The average Bonchev–Trinajstić information content (AvgIpc) is 2.53. The van der Waals surface area contributed by atoms with Crippen molar-refractivity contribution in [3.05, 3.63) is 11.9 Å². The van der Waals surface area contributed by atoms with E-state index in [1.54, 1.807) is 18.0 Å². The molecule has 0 radical (unpaired) electrons. The minimum atomic E-state index is 0.0993. The van der Waals surface area contributed by atoms with Gasteiger partial charge in [0.25, 0.3) is 0 Å². The van der Waals surface area contributed by atoms with E-state index in [1.165, 1.54) is 0 Å². The standard InChI is InChI=1S/C8H16N4O/c1-6(13-4)8(9-2)7-5-10-11-12(7)3/h5-6,8-9H,1-4H3. The summed E-state index contributed by atoms with van der Waals surface area (Å²) in [6, 6.07) is 0.130. The van der Waals surface area contributed by atoms with E-state index in [0.717, 1.165) is 5.69 Å². The number of aromatic nitrogens is 3. The Morgan fingerprint density at radius 3 is 2.69 bits per heavy atom.